The summed E-state index contributed by atoms with van der Waals surface area (Å²) < 4.78 is 26.0. The van der Waals surface area contributed by atoms with Crippen LogP contribution in [0.4, 0.5) is 0 Å². The largest absolute Gasteiger partial charge is 0.392 e. The van der Waals surface area contributed by atoms with Crippen LogP contribution in [0.2, 0.25) is 0 Å². The van der Waals surface area contributed by atoms with Crippen LogP contribution in [-0.2, 0) is 10.0 Å². The number of benzene rings is 1. The number of likely N-dealkylation sites (N-methyl/N-ethyl adjacent to an activating group) is 1. The van der Waals surface area contributed by atoms with Gasteiger partial charge in [-0.2, -0.15) is 4.31 Å². The van der Waals surface area contributed by atoms with E-state index in [2.05, 4.69) is 5.32 Å². The highest BCUT2D eigenvalue weighted by Gasteiger charge is 2.22. The number of hydrogen-bond acceptors (Lipinski definition) is 4. The monoisotopic (exact) mass is 300 g/mol. The molecule has 20 heavy (non-hydrogen) atoms. The van der Waals surface area contributed by atoms with Crippen molar-refractivity contribution in [1.29, 1.82) is 0 Å². The summed E-state index contributed by atoms with van der Waals surface area (Å²) in [6.07, 6.45) is 0.183. The standard InChI is InChI=1S/C14H24N2O3S/c1-5-14(15-3)12-7-6-8-13(9-12)20(18,19)16(4)10-11(2)17/h6-9,11,14-15,17H,5,10H2,1-4H3. The summed E-state index contributed by atoms with van der Waals surface area (Å²) in [5.74, 6) is 0. The molecule has 5 nitrogen and oxygen atoms in total. The van der Waals surface area contributed by atoms with Gasteiger partial charge < -0.3 is 10.4 Å². The van der Waals surface area contributed by atoms with Crippen LogP contribution in [0.5, 0.6) is 0 Å². The molecule has 1 aromatic rings. The average Bonchev–Trinajstić information content (AvgIpc) is 2.39. The number of rotatable bonds is 7. The van der Waals surface area contributed by atoms with Crippen molar-refractivity contribution in [2.75, 3.05) is 20.6 Å². The summed E-state index contributed by atoms with van der Waals surface area (Å²) in [6, 6.07) is 7.07. The molecule has 0 saturated heterocycles. The maximum absolute atomic E-state index is 12.4. The molecular formula is C14H24N2O3S. The molecule has 114 valence electrons. The number of nitrogens with one attached hydrogen (secondary N) is 1. The molecule has 0 bridgehead atoms. The fraction of sp³-hybridized carbons (Fsp3) is 0.571. The third-order valence-electron chi connectivity index (χ3n) is 3.25. The minimum Gasteiger partial charge on any atom is -0.392 e. The molecule has 1 rings (SSSR count). The van der Waals surface area contributed by atoms with Crippen molar-refractivity contribution in [2.45, 2.75) is 37.3 Å². The van der Waals surface area contributed by atoms with E-state index in [-0.39, 0.29) is 17.5 Å². The number of nitrogens with zero attached hydrogens (tertiary/aromatic N) is 1. The van der Waals surface area contributed by atoms with Gasteiger partial charge in [-0.3, -0.25) is 0 Å². The second-order valence-corrected chi connectivity index (χ2v) is 7.00. The summed E-state index contributed by atoms with van der Waals surface area (Å²) in [4.78, 5) is 0.256. The summed E-state index contributed by atoms with van der Waals surface area (Å²) >= 11 is 0. The molecule has 0 saturated carbocycles. The maximum Gasteiger partial charge on any atom is 0.242 e. The Balaban J connectivity index is 3.10. The summed E-state index contributed by atoms with van der Waals surface area (Å²) in [5, 5.41) is 12.5. The molecule has 0 aliphatic heterocycles. The Hall–Kier alpha value is -0.950. The first-order chi connectivity index (χ1) is 9.32. The van der Waals surface area contributed by atoms with E-state index >= 15 is 0 Å². The fourth-order valence-corrected chi connectivity index (χ4v) is 3.46. The summed E-state index contributed by atoms with van der Waals surface area (Å²) in [6.45, 7) is 3.69. The molecule has 0 heterocycles. The second-order valence-electron chi connectivity index (χ2n) is 4.96. The van der Waals surface area contributed by atoms with Gasteiger partial charge in [-0.25, -0.2) is 8.42 Å². The van der Waals surface area contributed by atoms with E-state index in [9.17, 15) is 13.5 Å². The van der Waals surface area contributed by atoms with E-state index < -0.39 is 16.1 Å². The molecule has 2 atom stereocenters. The Labute approximate surface area is 121 Å². The first-order valence-corrected chi connectivity index (χ1v) is 8.18. The molecule has 0 fully saturated rings. The third kappa shape index (κ3) is 4.02. The van der Waals surface area contributed by atoms with Gasteiger partial charge in [0.05, 0.1) is 11.0 Å². The van der Waals surface area contributed by atoms with Crippen LogP contribution < -0.4 is 5.32 Å². The van der Waals surface area contributed by atoms with Crippen LogP contribution >= 0.6 is 0 Å². The SMILES string of the molecule is CCC(NC)c1cccc(S(=O)(=O)N(C)CC(C)O)c1. The Morgan fingerprint density at radius 1 is 1.40 bits per heavy atom. The average molecular weight is 300 g/mol. The molecule has 0 aliphatic carbocycles. The Morgan fingerprint density at radius 3 is 2.55 bits per heavy atom. The van der Waals surface area contributed by atoms with E-state index in [1.54, 1.807) is 25.1 Å². The van der Waals surface area contributed by atoms with Gasteiger partial charge in [0.2, 0.25) is 10.0 Å². The van der Waals surface area contributed by atoms with Gasteiger partial charge in [0, 0.05) is 19.6 Å². The van der Waals surface area contributed by atoms with Gasteiger partial charge in [-0.1, -0.05) is 19.1 Å². The maximum atomic E-state index is 12.4. The number of hydrogen-bond donors (Lipinski definition) is 2. The molecule has 0 aliphatic rings. The highest BCUT2D eigenvalue weighted by atomic mass is 32.2. The van der Waals surface area contributed by atoms with Crippen LogP contribution in [0.3, 0.4) is 0 Å². The molecule has 0 spiro atoms. The van der Waals surface area contributed by atoms with Crippen LogP contribution in [0, 0.1) is 0 Å². The lowest BCUT2D eigenvalue weighted by atomic mass is 10.1. The number of sulfonamides is 1. The highest BCUT2D eigenvalue weighted by Crippen LogP contribution is 2.21. The second kappa shape index (κ2) is 7.17. The molecule has 0 aromatic heterocycles. The number of aliphatic hydroxyl groups is 1. The van der Waals surface area contributed by atoms with E-state index in [4.69, 9.17) is 0 Å². The Morgan fingerprint density at radius 2 is 2.05 bits per heavy atom. The molecule has 2 N–H and O–H groups in total. The van der Waals surface area contributed by atoms with Crippen molar-refractivity contribution >= 4 is 10.0 Å². The van der Waals surface area contributed by atoms with Crippen molar-refractivity contribution < 1.29 is 13.5 Å². The van der Waals surface area contributed by atoms with Gasteiger partial charge in [0.15, 0.2) is 0 Å². The zero-order valence-corrected chi connectivity index (χ0v) is 13.3. The third-order valence-corrected chi connectivity index (χ3v) is 5.07. The van der Waals surface area contributed by atoms with Crippen LogP contribution in [0.15, 0.2) is 29.2 Å². The molecule has 1 aromatic carbocycles. The first kappa shape index (κ1) is 17.1. The topological polar surface area (TPSA) is 69.6 Å². The van der Waals surface area contributed by atoms with Gasteiger partial charge in [0.1, 0.15) is 0 Å². The van der Waals surface area contributed by atoms with Gasteiger partial charge in [-0.05, 0) is 38.1 Å². The lowest BCUT2D eigenvalue weighted by Crippen LogP contribution is -2.33. The quantitative estimate of drug-likeness (QED) is 0.798. The van der Waals surface area contributed by atoms with Crippen LogP contribution in [-0.4, -0.2) is 44.6 Å². The molecule has 0 radical (unpaired) electrons. The predicted octanol–water partition coefficient (Wildman–Crippen LogP) is 1.36. The molecule has 6 heteroatoms. The first-order valence-electron chi connectivity index (χ1n) is 6.74. The van der Waals surface area contributed by atoms with Crippen molar-refractivity contribution in [3.05, 3.63) is 29.8 Å². The molecule has 0 amide bonds. The number of aliphatic hydroxyl groups excluding tert-OH is 1. The Bertz CT molecular complexity index is 525. The predicted molar refractivity (Wildman–Crippen MR) is 80.0 cm³/mol. The van der Waals surface area contributed by atoms with E-state index in [1.165, 1.54) is 11.4 Å². The van der Waals surface area contributed by atoms with E-state index in [0.717, 1.165) is 12.0 Å². The summed E-state index contributed by atoms with van der Waals surface area (Å²) in [7, 11) is -0.229. The highest BCUT2D eigenvalue weighted by molar-refractivity contribution is 7.89. The lowest BCUT2D eigenvalue weighted by molar-refractivity contribution is 0.171. The van der Waals surface area contributed by atoms with Crippen molar-refractivity contribution in [3.8, 4) is 0 Å². The van der Waals surface area contributed by atoms with Crippen molar-refractivity contribution in [1.82, 2.24) is 9.62 Å². The fourth-order valence-electron chi connectivity index (χ4n) is 2.15. The zero-order chi connectivity index (χ0) is 15.3. The minimum absolute atomic E-state index is 0.0792. The smallest absolute Gasteiger partial charge is 0.242 e. The summed E-state index contributed by atoms with van der Waals surface area (Å²) in [5.41, 5.74) is 0.946. The van der Waals surface area contributed by atoms with Crippen molar-refractivity contribution in [3.63, 3.8) is 0 Å². The van der Waals surface area contributed by atoms with Gasteiger partial charge in [0.25, 0.3) is 0 Å². The zero-order valence-electron chi connectivity index (χ0n) is 12.5. The van der Waals surface area contributed by atoms with E-state index in [1.807, 2.05) is 20.0 Å². The lowest BCUT2D eigenvalue weighted by Gasteiger charge is -2.20. The minimum atomic E-state index is -3.56. The Kier molecular flexibility index (Phi) is 6.13. The van der Waals surface area contributed by atoms with Crippen molar-refractivity contribution in [2.24, 2.45) is 0 Å². The van der Waals surface area contributed by atoms with Crippen LogP contribution in [0.1, 0.15) is 31.9 Å². The normalized spacial score (nSPS) is 15.3. The van der Waals surface area contributed by atoms with Crippen LogP contribution in [0.25, 0.3) is 0 Å². The molecular weight excluding hydrogens is 276 g/mol. The molecule has 2 unspecified atom stereocenters. The van der Waals surface area contributed by atoms with E-state index in [0.29, 0.717) is 0 Å². The van der Waals surface area contributed by atoms with Gasteiger partial charge in [-0.15, -0.1) is 0 Å². The van der Waals surface area contributed by atoms with Gasteiger partial charge >= 0.3 is 0 Å².